The molecule has 0 aliphatic rings. The lowest BCUT2D eigenvalue weighted by Crippen LogP contribution is -2.33. The molecule has 3 aromatic carbocycles. The van der Waals surface area contributed by atoms with E-state index in [4.69, 9.17) is 4.74 Å². The van der Waals surface area contributed by atoms with Crippen molar-refractivity contribution in [3.8, 4) is 0 Å². The van der Waals surface area contributed by atoms with Crippen LogP contribution in [-0.4, -0.2) is 23.6 Å². The third-order valence-corrected chi connectivity index (χ3v) is 4.26. The summed E-state index contributed by atoms with van der Waals surface area (Å²) in [6, 6.07) is 27.1. The summed E-state index contributed by atoms with van der Waals surface area (Å²) in [6.07, 6.45) is -1.42. The molecule has 0 radical (unpaired) electrons. The number of nitrogens with one attached hydrogen (secondary N) is 1. The second-order valence-corrected chi connectivity index (χ2v) is 6.24. The Morgan fingerprint density at radius 1 is 0.750 bits per heavy atom. The van der Waals surface area contributed by atoms with Gasteiger partial charge >= 0.3 is 5.97 Å². The van der Waals surface area contributed by atoms with Crippen LogP contribution in [0.4, 0.5) is 0 Å². The van der Waals surface area contributed by atoms with E-state index in [1.165, 1.54) is 0 Å². The fraction of sp³-hybridized carbons (Fsp3) is 0.130. The summed E-state index contributed by atoms with van der Waals surface area (Å²) < 4.78 is 4.99. The molecule has 5 nitrogen and oxygen atoms in total. The Kier molecular flexibility index (Phi) is 6.54. The summed E-state index contributed by atoms with van der Waals surface area (Å²) in [4.78, 5) is 24.4. The Morgan fingerprint density at radius 2 is 1.18 bits per heavy atom. The Labute approximate surface area is 163 Å². The monoisotopic (exact) mass is 375 g/mol. The molecule has 0 saturated carbocycles. The molecule has 1 amide bonds. The first-order chi connectivity index (χ1) is 13.6. The highest BCUT2D eigenvalue weighted by molar-refractivity contribution is 5.83. The topological polar surface area (TPSA) is 75.6 Å². The quantitative estimate of drug-likeness (QED) is 0.622. The molecule has 0 aromatic heterocycles. The summed E-state index contributed by atoms with van der Waals surface area (Å²) >= 11 is 0. The summed E-state index contributed by atoms with van der Waals surface area (Å²) in [5.41, 5.74) is 2.25. The van der Waals surface area contributed by atoms with Gasteiger partial charge in [0.05, 0.1) is 6.04 Å². The summed E-state index contributed by atoms with van der Waals surface area (Å²) in [6.45, 7) is -0.473. The molecule has 1 atom stereocenters. The predicted octanol–water partition coefficient (Wildman–Crippen LogP) is 3.17. The van der Waals surface area contributed by atoms with Gasteiger partial charge in [0.25, 0.3) is 5.91 Å². The van der Waals surface area contributed by atoms with Crippen LogP contribution in [0.1, 0.15) is 28.8 Å². The highest BCUT2D eigenvalue weighted by Crippen LogP contribution is 2.21. The van der Waals surface area contributed by atoms with E-state index in [-0.39, 0.29) is 6.04 Å². The summed E-state index contributed by atoms with van der Waals surface area (Å²) in [7, 11) is 0. The van der Waals surface area contributed by atoms with Crippen LogP contribution in [0.15, 0.2) is 91.0 Å². The van der Waals surface area contributed by atoms with Crippen LogP contribution in [0, 0.1) is 0 Å². The van der Waals surface area contributed by atoms with Crippen molar-refractivity contribution in [3.05, 3.63) is 108 Å². The first-order valence-corrected chi connectivity index (χ1v) is 8.94. The Balaban J connectivity index is 1.64. The van der Waals surface area contributed by atoms with Crippen molar-refractivity contribution in [2.24, 2.45) is 0 Å². The number of carbonyl (C=O) groups is 2. The van der Waals surface area contributed by atoms with Gasteiger partial charge in [-0.3, -0.25) is 4.79 Å². The number of amides is 1. The standard InChI is InChI=1S/C23H21NO4/c25-20(16-28-23(27)22(26)19-14-8-3-9-15-19)24-21(17-10-4-1-5-11-17)18-12-6-2-7-13-18/h1-15,21-22,26H,16H2,(H,24,25)/t22-/m1/s1. The molecule has 3 aromatic rings. The molecule has 0 spiro atoms. The molecular formula is C23H21NO4. The van der Waals surface area contributed by atoms with Crippen LogP contribution >= 0.6 is 0 Å². The van der Waals surface area contributed by atoms with E-state index < -0.39 is 24.6 Å². The van der Waals surface area contributed by atoms with E-state index in [2.05, 4.69) is 5.32 Å². The molecule has 0 heterocycles. The highest BCUT2D eigenvalue weighted by Gasteiger charge is 2.21. The average Bonchev–Trinajstić information content (AvgIpc) is 2.77. The maximum Gasteiger partial charge on any atom is 0.340 e. The van der Waals surface area contributed by atoms with Crippen LogP contribution in [0.3, 0.4) is 0 Å². The lowest BCUT2D eigenvalue weighted by Gasteiger charge is -2.20. The molecule has 28 heavy (non-hydrogen) atoms. The zero-order chi connectivity index (χ0) is 19.8. The van der Waals surface area contributed by atoms with Crippen molar-refractivity contribution >= 4 is 11.9 Å². The van der Waals surface area contributed by atoms with E-state index in [9.17, 15) is 14.7 Å². The van der Waals surface area contributed by atoms with Gasteiger partial charge in [-0.15, -0.1) is 0 Å². The highest BCUT2D eigenvalue weighted by atomic mass is 16.5. The molecule has 0 aliphatic heterocycles. The number of carbonyl (C=O) groups excluding carboxylic acids is 2. The SMILES string of the molecule is O=C(COC(=O)[C@H](O)c1ccccc1)NC(c1ccccc1)c1ccccc1. The number of aliphatic hydroxyl groups is 1. The fourth-order valence-corrected chi connectivity index (χ4v) is 2.84. The number of hydrogen-bond acceptors (Lipinski definition) is 4. The van der Waals surface area contributed by atoms with Crippen molar-refractivity contribution in [3.63, 3.8) is 0 Å². The zero-order valence-electron chi connectivity index (χ0n) is 15.2. The van der Waals surface area contributed by atoms with Crippen molar-refractivity contribution in [1.82, 2.24) is 5.32 Å². The van der Waals surface area contributed by atoms with E-state index in [1.807, 2.05) is 60.7 Å². The molecule has 0 unspecified atom stereocenters. The molecular weight excluding hydrogens is 354 g/mol. The molecule has 2 N–H and O–H groups in total. The lowest BCUT2D eigenvalue weighted by molar-refractivity contribution is -0.157. The van der Waals surface area contributed by atoms with Gasteiger partial charge in [-0.05, 0) is 16.7 Å². The predicted molar refractivity (Wildman–Crippen MR) is 105 cm³/mol. The molecule has 3 rings (SSSR count). The minimum atomic E-state index is -1.42. The van der Waals surface area contributed by atoms with Crippen molar-refractivity contribution in [2.45, 2.75) is 12.1 Å². The van der Waals surface area contributed by atoms with Crippen molar-refractivity contribution < 1.29 is 19.4 Å². The summed E-state index contributed by atoms with van der Waals surface area (Å²) in [5.74, 6) is -1.32. The van der Waals surface area contributed by atoms with E-state index >= 15 is 0 Å². The minimum absolute atomic E-state index is 0.368. The first kappa shape index (κ1) is 19.3. The number of rotatable bonds is 7. The van der Waals surface area contributed by atoms with E-state index in [0.29, 0.717) is 5.56 Å². The smallest absolute Gasteiger partial charge is 0.340 e. The third kappa shape index (κ3) is 5.05. The third-order valence-electron chi connectivity index (χ3n) is 4.26. The Hall–Kier alpha value is -3.44. The largest absolute Gasteiger partial charge is 0.453 e. The Morgan fingerprint density at radius 3 is 1.64 bits per heavy atom. The Bertz CT molecular complexity index is 858. The number of hydrogen-bond donors (Lipinski definition) is 2. The van der Waals surface area contributed by atoms with Gasteiger partial charge in [-0.2, -0.15) is 0 Å². The minimum Gasteiger partial charge on any atom is -0.453 e. The fourth-order valence-electron chi connectivity index (χ4n) is 2.84. The molecule has 5 heteroatoms. The average molecular weight is 375 g/mol. The normalized spacial score (nSPS) is 11.6. The van der Waals surface area contributed by atoms with Crippen LogP contribution in [0.5, 0.6) is 0 Å². The molecule has 0 bridgehead atoms. The maximum atomic E-state index is 12.4. The molecule has 142 valence electrons. The number of esters is 1. The van der Waals surface area contributed by atoms with Gasteiger partial charge < -0.3 is 15.2 Å². The van der Waals surface area contributed by atoms with Crippen LogP contribution in [0.25, 0.3) is 0 Å². The van der Waals surface area contributed by atoms with Crippen molar-refractivity contribution in [1.29, 1.82) is 0 Å². The number of aliphatic hydroxyl groups excluding tert-OH is 1. The second-order valence-electron chi connectivity index (χ2n) is 6.24. The first-order valence-electron chi connectivity index (χ1n) is 8.94. The van der Waals surface area contributed by atoms with E-state index in [0.717, 1.165) is 11.1 Å². The van der Waals surface area contributed by atoms with Gasteiger partial charge in [0, 0.05) is 0 Å². The van der Waals surface area contributed by atoms with Crippen LogP contribution in [0.2, 0.25) is 0 Å². The van der Waals surface area contributed by atoms with Crippen molar-refractivity contribution in [2.75, 3.05) is 6.61 Å². The zero-order valence-corrected chi connectivity index (χ0v) is 15.2. The van der Waals surface area contributed by atoms with Gasteiger partial charge in [0.2, 0.25) is 0 Å². The van der Waals surface area contributed by atoms with Gasteiger partial charge in [0.15, 0.2) is 12.7 Å². The summed E-state index contributed by atoms with van der Waals surface area (Å²) in [5, 5.41) is 12.9. The van der Waals surface area contributed by atoms with Gasteiger partial charge in [0.1, 0.15) is 0 Å². The second kappa shape index (κ2) is 9.48. The molecule has 0 fully saturated rings. The number of ether oxygens (including phenoxy) is 1. The molecule has 0 saturated heterocycles. The van der Waals surface area contributed by atoms with Gasteiger partial charge in [-0.25, -0.2) is 4.79 Å². The maximum absolute atomic E-state index is 12.4. The van der Waals surface area contributed by atoms with Crippen LogP contribution in [-0.2, 0) is 14.3 Å². The number of benzene rings is 3. The molecule has 0 aliphatic carbocycles. The van der Waals surface area contributed by atoms with E-state index in [1.54, 1.807) is 30.3 Å². The van der Waals surface area contributed by atoms with Gasteiger partial charge in [-0.1, -0.05) is 91.0 Å². The lowest BCUT2D eigenvalue weighted by atomic mass is 9.99. The van der Waals surface area contributed by atoms with Crippen LogP contribution < -0.4 is 5.32 Å².